The molecular formula is C23H33N5O3. The molecule has 2 aromatic rings. The summed E-state index contributed by atoms with van der Waals surface area (Å²) in [6.07, 6.45) is 2.49. The number of anilines is 2. The number of aliphatic hydroxyl groups excluding tert-OH is 1. The van der Waals surface area contributed by atoms with Crippen LogP contribution in [0.2, 0.25) is 0 Å². The second-order valence-corrected chi connectivity index (χ2v) is 8.02. The summed E-state index contributed by atoms with van der Waals surface area (Å²) >= 11 is 0. The maximum absolute atomic E-state index is 9.67. The van der Waals surface area contributed by atoms with Gasteiger partial charge in [0.1, 0.15) is 24.3 Å². The molecule has 0 radical (unpaired) electrons. The standard InChI is InChI=1S/C23H33N5O3/c1-15(2)26-23-20(13-25)22(27-17-6-8-30-9-7-17)11-21(28-23)16-4-3-5-19(10-16)31-14-18(29)12-24/h3-5,10-11,13,15,17-18,25,29H,6-9,12,14,24H2,1-2H3,(H2,26,27,28). The molecule has 0 bridgehead atoms. The first-order chi connectivity index (χ1) is 15.0. The normalized spacial score (nSPS) is 15.5. The Morgan fingerprint density at radius 2 is 2.10 bits per heavy atom. The third kappa shape index (κ3) is 6.40. The summed E-state index contributed by atoms with van der Waals surface area (Å²) in [5.41, 5.74) is 8.73. The average Bonchev–Trinajstić information content (AvgIpc) is 2.78. The van der Waals surface area contributed by atoms with E-state index >= 15 is 0 Å². The monoisotopic (exact) mass is 427 g/mol. The summed E-state index contributed by atoms with van der Waals surface area (Å²) in [6, 6.07) is 10.0. The number of nitrogens with zero attached hydrogens (tertiary/aromatic N) is 1. The minimum absolute atomic E-state index is 0.136. The van der Waals surface area contributed by atoms with Gasteiger partial charge >= 0.3 is 0 Å². The largest absolute Gasteiger partial charge is 0.491 e. The SMILES string of the molecule is CC(C)Nc1nc(-c2cccc(OCC(O)CN)c2)cc(NC2CCOCC2)c1C=N. The molecule has 1 unspecified atom stereocenters. The molecule has 1 aliphatic rings. The molecule has 8 heteroatoms. The molecule has 1 atom stereocenters. The lowest BCUT2D eigenvalue weighted by molar-refractivity contribution is 0.0904. The molecule has 0 aliphatic carbocycles. The molecular weight excluding hydrogens is 394 g/mol. The Morgan fingerprint density at radius 1 is 1.32 bits per heavy atom. The van der Waals surface area contributed by atoms with Crippen LogP contribution in [0.5, 0.6) is 5.75 Å². The van der Waals surface area contributed by atoms with Crippen molar-refractivity contribution in [1.29, 1.82) is 5.41 Å². The van der Waals surface area contributed by atoms with Gasteiger partial charge in [-0.05, 0) is 44.9 Å². The number of nitrogens with one attached hydrogen (secondary N) is 3. The van der Waals surface area contributed by atoms with E-state index in [-0.39, 0.29) is 19.2 Å². The van der Waals surface area contributed by atoms with E-state index in [1.54, 1.807) is 0 Å². The Labute approximate surface area is 183 Å². The van der Waals surface area contributed by atoms with Crippen LogP contribution in [0.1, 0.15) is 32.3 Å². The Morgan fingerprint density at radius 3 is 2.77 bits per heavy atom. The summed E-state index contributed by atoms with van der Waals surface area (Å²) < 4.78 is 11.1. The van der Waals surface area contributed by atoms with Crippen LogP contribution < -0.4 is 21.1 Å². The highest BCUT2D eigenvalue weighted by atomic mass is 16.5. The molecule has 8 nitrogen and oxygen atoms in total. The number of benzene rings is 1. The smallest absolute Gasteiger partial charge is 0.137 e. The van der Waals surface area contributed by atoms with E-state index in [1.807, 2.05) is 44.2 Å². The zero-order chi connectivity index (χ0) is 22.2. The fourth-order valence-electron chi connectivity index (χ4n) is 3.42. The van der Waals surface area contributed by atoms with Crippen LogP contribution in [-0.4, -0.2) is 60.9 Å². The van der Waals surface area contributed by atoms with Crippen molar-refractivity contribution < 1.29 is 14.6 Å². The van der Waals surface area contributed by atoms with Gasteiger partial charge in [0.15, 0.2) is 0 Å². The summed E-state index contributed by atoms with van der Waals surface area (Å²) in [6.45, 7) is 5.85. The van der Waals surface area contributed by atoms with Crippen molar-refractivity contribution in [2.75, 3.05) is 37.0 Å². The fraction of sp³-hybridized carbons (Fsp3) is 0.478. The van der Waals surface area contributed by atoms with Gasteiger partial charge in [-0.2, -0.15) is 0 Å². The third-order valence-electron chi connectivity index (χ3n) is 5.05. The predicted molar refractivity (Wildman–Crippen MR) is 124 cm³/mol. The van der Waals surface area contributed by atoms with Gasteiger partial charge in [0.2, 0.25) is 0 Å². The zero-order valence-corrected chi connectivity index (χ0v) is 18.2. The number of hydrogen-bond donors (Lipinski definition) is 5. The van der Waals surface area contributed by atoms with Crippen LogP contribution in [0.4, 0.5) is 11.5 Å². The lowest BCUT2D eigenvalue weighted by atomic mass is 10.0. The number of rotatable bonds is 10. The van der Waals surface area contributed by atoms with Gasteiger partial charge in [0.25, 0.3) is 0 Å². The molecule has 1 aromatic carbocycles. The van der Waals surface area contributed by atoms with Gasteiger partial charge in [0.05, 0.1) is 11.3 Å². The van der Waals surface area contributed by atoms with Gasteiger partial charge in [-0.25, -0.2) is 4.98 Å². The highest BCUT2D eigenvalue weighted by Crippen LogP contribution is 2.31. The second kappa shape index (κ2) is 11.1. The zero-order valence-electron chi connectivity index (χ0n) is 18.2. The molecule has 1 fully saturated rings. The van der Waals surface area contributed by atoms with Crippen molar-refractivity contribution in [3.05, 3.63) is 35.9 Å². The minimum atomic E-state index is -0.703. The van der Waals surface area contributed by atoms with Crippen LogP contribution in [-0.2, 0) is 4.74 Å². The second-order valence-electron chi connectivity index (χ2n) is 8.02. The van der Waals surface area contributed by atoms with Crippen molar-refractivity contribution >= 4 is 17.7 Å². The molecule has 6 N–H and O–H groups in total. The Balaban J connectivity index is 1.95. The number of aromatic nitrogens is 1. The molecule has 3 rings (SSSR count). The maximum atomic E-state index is 9.67. The van der Waals surface area contributed by atoms with Gasteiger partial charge in [-0.3, -0.25) is 0 Å². The van der Waals surface area contributed by atoms with Crippen LogP contribution in [0.25, 0.3) is 11.3 Å². The Kier molecular flexibility index (Phi) is 8.22. The van der Waals surface area contributed by atoms with E-state index in [0.717, 1.165) is 48.6 Å². The number of hydrogen-bond acceptors (Lipinski definition) is 8. The van der Waals surface area contributed by atoms with Crippen molar-refractivity contribution in [2.45, 2.75) is 44.9 Å². The molecule has 0 saturated carbocycles. The van der Waals surface area contributed by atoms with Gasteiger partial charge in [0, 0.05) is 49.3 Å². The van der Waals surface area contributed by atoms with E-state index in [0.29, 0.717) is 17.6 Å². The summed E-state index contributed by atoms with van der Waals surface area (Å²) in [7, 11) is 0. The van der Waals surface area contributed by atoms with Crippen molar-refractivity contribution in [3.8, 4) is 17.0 Å². The number of pyridine rings is 1. The molecule has 31 heavy (non-hydrogen) atoms. The lowest BCUT2D eigenvalue weighted by Gasteiger charge is -2.26. The van der Waals surface area contributed by atoms with Gasteiger partial charge < -0.3 is 36.4 Å². The number of ether oxygens (including phenoxy) is 2. The third-order valence-corrected chi connectivity index (χ3v) is 5.05. The van der Waals surface area contributed by atoms with E-state index < -0.39 is 6.10 Å². The predicted octanol–water partition coefficient (Wildman–Crippen LogP) is 2.86. The van der Waals surface area contributed by atoms with Crippen LogP contribution in [0.15, 0.2) is 30.3 Å². The van der Waals surface area contributed by atoms with E-state index in [4.69, 9.17) is 25.6 Å². The van der Waals surface area contributed by atoms with Crippen molar-refractivity contribution in [2.24, 2.45) is 5.73 Å². The van der Waals surface area contributed by atoms with E-state index in [9.17, 15) is 5.11 Å². The first kappa shape index (κ1) is 23.0. The summed E-state index contributed by atoms with van der Waals surface area (Å²) in [5, 5.41) is 24.6. The number of nitrogens with two attached hydrogens (primary N) is 1. The number of aliphatic hydroxyl groups is 1. The lowest BCUT2D eigenvalue weighted by Crippen LogP contribution is -2.28. The Hall–Kier alpha value is -2.68. The highest BCUT2D eigenvalue weighted by Gasteiger charge is 2.19. The first-order valence-corrected chi connectivity index (χ1v) is 10.8. The topological polar surface area (TPSA) is 126 Å². The van der Waals surface area contributed by atoms with Crippen LogP contribution in [0.3, 0.4) is 0 Å². The molecule has 0 amide bonds. The minimum Gasteiger partial charge on any atom is -0.491 e. The van der Waals surface area contributed by atoms with Crippen molar-refractivity contribution in [3.63, 3.8) is 0 Å². The van der Waals surface area contributed by atoms with Crippen LogP contribution >= 0.6 is 0 Å². The molecule has 1 aromatic heterocycles. The molecule has 1 aliphatic heterocycles. The summed E-state index contributed by atoms with van der Waals surface area (Å²) in [4.78, 5) is 4.81. The molecule has 168 valence electrons. The van der Waals surface area contributed by atoms with Gasteiger partial charge in [-0.1, -0.05) is 12.1 Å². The van der Waals surface area contributed by atoms with E-state index in [2.05, 4.69) is 10.6 Å². The summed E-state index contributed by atoms with van der Waals surface area (Å²) in [5.74, 6) is 1.31. The average molecular weight is 428 g/mol. The van der Waals surface area contributed by atoms with Crippen LogP contribution in [0, 0.1) is 5.41 Å². The molecule has 2 heterocycles. The van der Waals surface area contributed by atoms with E-state index in [1.165, 1.54) is 6.21 Å². The maximum Gasteiger partial charge on any atom is 0.137 e. The quantitative estimate of drug-likeness (QED) is 0.369. The van der Waals surface area contributed by atoms with Crippen molar-refractivity contribution in [1.82, 2.24) is 4.98 Å². The highest BCUT2D eigenvalue weighted by molar-refractivity contribution is 5.94. The fourth-order valence-corrected chi connectivity index (χ4v) is 3.42. The molecule has 1 saturated heterocycles. The molecule has 0 spiro atoms. The first-order valence-electron chi connectivity index (χ1n) is 10.8. The Bertz CT molecular complexity index is 868. The van der Waals surface area contributed by atoms with Gasteiger partial charge in [-0.15, -0.1) is 0 Å².